The summed E-state index contributed by atoms with van der Waals surface area (Å²) in [5.41, 5.74) is 3.92. The van der Waals surface area contributed by atoms with E-state index in [2.05, 4.69) is 10.4 Å². The molecular weight excluding hydrogens is 292 g/mol. The van der Waals surface area contributed by atoms with Crippen LogP contribution in [0.3, 0.4) is 0 Å². The number of non-ortho nitro benzene ring substituents is 1. The van der Waals surface area contributed by atoms with Crippen molar-refractivity contribution in [3.8, 4) is 5.69 Å². The van der Waals surface area contributed by atoms with E-state index in [-0.39, 0.29) is 10.6 Å². The third-order valence-electron chi connectivity index (χ3n) is 3.63. The molecule has 0 aliphatic heterocycles. The van der Waals surface area contributed by atoms with Gasteiger partial charge < -0.3 is 5.32 Å². The molecule has 0 fully saturated rings. The molecule has 0 bridgehead atoms. The summed E-state index contributed by atoms with van der Waals surface area (Å²) in [7, 11) is 0. The second kappa shape index (κ2) is 6.31. The lowest BCUT2D eigenvalue weighted by molar-refractivity contribution is -0.384. The quantitative estimate of drug-likeness (QED) is 0.576. The Morgan fingerprint density at radius 2 is 2.04 bits per heavy atom. The topological polar surface area (TPSA) is 73.0 Å². The highest BCUT2D eigenvalue weighted by Gasteiger charge is 2.09. The van der Waals surface area contributed by atoms with Gasteiger partial charge in [0.05, 0.1) is 10.6 Å². The SMILES string of the molecule is Cc1cc([N+](=O)[O-])ccc1NCc1ccccc1-n1cccn1. The number of anilines is 1. The fraction of sp³-hybridized carbons (Fsp3) is 0.118. The van der Waals surface area contributed by atoms with Gasteiger partial charge in [-0.25, -0.2) is 4.68 Å². The van der Waals surface area contributed by atoms with E-state index in [9.17, 15) is 10.1 Å². The number of hydrogen-bond donors (Lipinski definition) is 1. The Kier molecular flexibility index (Phi) is 4.05. The number of para-hydroxylation sites is 1. The Hall–Kier alpha value is -3.15. The monoisotopic (exact) mass is 308 g/mol. The summed E-state index contributed by atoms with van der Waals surface area (Å²) in [5, 5.41) is 18.4. The molecule has 2 aromatic carbocycles. The normalized spacial score (nSPS) is 10.5. The Morgan fingerprint density at radius 3 is 2.74 bits per heavy atom. The van der Waals surface area contributed by atoms with Gasteiger partial charge in [0, 0.05) is 36.8 Å². The Balaban J connectivity index is 1.81. The predicted molar refractivity (Wildman–Crippen MR) is 88.7 cm³/mol. The molecule has 0 aliphatic rings. The van der Waals surface area contributed by atoms with Crippen molar-refractivity contribution in [3.63, 3.8) is 0 Å². The molecule has 0 atom stereocenters. The van der Waals surface area contributed by atoms with E-state index in [0.717, 1.165) is 22.5 Å². The predicted octanol–water partition coefficient (Wildman–Crippen LogP) is 3.70. The van der Waals surface area contributed by atoms with E-state index in [4.69, 9.17) is 0 Å². The molecule has 1 aromatic heterocycles. The summed E-state index contributed by atoms with van der Waals surface area (Å²) in [4.78, 5) is 10.4. The first-order chi connectivity index (χ1) is 11.1. The van der Waals surface area contributed by atoms with E-state index < -0.39 is 0 Å². The maximum Gasteiger partial charge on any atom is 0.269 e. The van der Waals surface area contributed by atoms with Crippen LogP contribution in [-0.2, 0) is 6.54 Å². The zero-order valence-electron chi connectivity index (χ0n) is 12.6. The van der Waals surface area contributed by atoms with Crippen LogP contribution in [0.2, 0.25) is 0 Å². The minimum atomic E-state index is -0.385. The van der Waals surface area contributed by atoms with Crippen LogP contribution in [-0.4, -0.2) is 14.7 Å². The Morgan fingerprint density at radius 1 is 1.22 bits per heavy atom. The second-order valence-corrected chi connectivity index (χ2v) is 5.19. The van der Waals surface area contributed by atoms with Gasteiger partial charge >= 0.3 is 0 Å². The van der Waals surface area contributed by atoms with Gasteiger partial charge in [0.15, 0.2) is 0 Å². The molecule has 6 heteroatoms. The lowest BCUT2D eigenvalue weighted by Crippen LogP contribution is -2.06. The van der Waals surface area contributed by atoms with Gasteiger partial charge in [-0.1, -0.05) is 18.2 Å². The Labute approximate surface area is 133 Å². The molecule has 0 saturated heterocycles. The van der Waals surface area contributed by atoms with Crippen molar-refractivity contribution < 1.29 is 4.92 Å². The van der Waals surface area contributed by atoms with Crippen LogP contribution < -0.4 is 5.32 Å². The number of nitro groups is 1. The molecule has 0 aliphatic carbocycles. The van der Waals surface area contributed by atoms with Crippen molar-refractivity contribution in [2.24, 2.45) is 0 Å². The fourth-order valence-corrected chi connectivity index (χ4v) is 2.45. The fourth-order valence-electron chi connectivity index (χ4n) is 2.45. The van der Waals surface area contributed by atoms with Crippen LogP contribution in [0.25, 0.3) is 5.69 Å². The lowest BCUT2D eigenvalue weighted by atomic mass is 10.1. The van der Waals surface area contributed by atoms with Crippen LogP contribution in [0.1, 0.15) is 11.1 Å². The summed E-state index contributed by atoms with van der Waals surface area (Å²) in [5.74, 6) is 0. The molecule has 3 aromatic rings. The molecule has 1 heterocycles. The number of hydrogen-bond acceptors (Lipinski definition) is 4. The van der Waals surface area contributed by atoms with Crippen molar-refractivity contribution >= 4 is 11.4 Å². The van der Waals surface area contributed by atoms with Crippen LogP contribution in [0.5, 0.6) is 0 Å². The first-order valence-electron chi connectivity index (χ1n) is 7.22. The number of nitrogens with one attached hydrogen (secondary N) is 1. The van der Waals surface area contributed by atoms with Gasteiger partial charge in [0.1, 0.15) is 0 Å². The molecule has 3 rings (SSSR count). The minimum absolute atomic E-state index is 0.102. The van der Waals surface area contributed by atoms with Gasteiger partial charge in [-0.05, 0) is 36.2 Å². The molecule has 23 heavy (non-hydrogen) atoms. The first-order valence-corrected chi connectivity index (χ1v) is 7.22. The van der Waals surface area contributed by atoms with E-state index in [1.165, 1.54) is 6.07 Å². The highest BCUT2D eigenvalue weighted by Crippen LogP contribution is 2.22. The number of nitrogens with zero attached hydrogens (tertiary/aromatic N) is 3. The smallest absolute Gasteiger partial charge is 0.269 e. The summed E-state index contributed by atoms with van der Waals surface area (Å²) < 4.78 is 1.82. The number of nitro benzene ring substituents is 1. The first kappa shape index (κ1) is 14.8. The van der Waals surface area contributed by atoms with Gasteiger partial charge in [0.25, 0.3) is 5.69 Å². The van der Waals surface area contributed by atoms with Crippen molar-refractivity contribution in [2.45, 2.75) is 13.5 Å². The van der Waals surface area contributed by atoms with Gasteiger partial charge in [-0.2, -0.15) is 5.10 Å². The van der Waals surface area contributed by atoms with Crippen molar-refractivity contribution in [3.05, 3.63) is 82.2 Å². The molecule has 0 amide bonds. The maximum atomic E-state index is 10.8. The number of benzene rings is 2. The molecule has 0 spiro atoms. The standard InChI is InChI=1S/C17H16N4O2/c1-13-11-15(21(22)23)7-8-16(13)18-12-14-5-2-3-6-17(14)20-10-4-9-19-20/h2-11,18H,12H2,1H3. The molecular formula is C17H16N4O2. The highest BCUT2D eigenvalue weighted by atomic mass is 16.6. The number of aryl methyl sites for hydroxylation is 1. The van der Waals surface area contributed by atoms with Crippen molar-refractivity contribution in [1.82, 2.24) is 9.78 Å². The third kappa shape index (κ3) is 3.21. The van der Waals surface area contributed by atoms with Crippen LogP contribution in [0.15, 0.2) is 60.9 Å². The lowest BCUT2D eigenvalue weighted by Gasteiger charge is -2.13. The average Bonchev–Trinajstić information content (AvgIpc) is 3.08. The summed E-state index contributed by atoms with van der Waals surface area (Å²) >= 11 is 0. The maximum absolute atomic E-state index is 10.8. The summed E-state index contributed by atoms with van der Waals surface area (Å²) in [6.45, 7) is 2.46. The van der Waals surface area contributed by atoms with E-state index in [1.54, 1.807) is 18.3 Å². The van der Waals surface area contributed by atoms with Crippen molar-refractivity contribution in [1.29, 1.82) is 0 Å². The molecule has 0 saturated carbocycles. The average molecular weight is 308 g/mol. The third-order valence-corrected chi connectivity index (χ3v) is 3.63. The van der Waals surface area contributed by atoms with E-state index in [1.807, 2.05) is 48.1 Å². The number of aromatic nitrogens is 2. The van der Waals surface area contributed by atoms with Crippen LogP contribution in [0, 0.1) is 17.0 Å². The van der Waals surface area contributed by atoms with Crippen LogP contribution >= 0.6 is 0 Å². The van der Waals surface area contributed by atoms with Gasteiger partial charge in [-0.15, -0.1) is 0 Å². The zero-order valence-corrected chi connectivity index (χ0v) is 12.6. The largest absolute Gasteiger partial charge is 0.381 e. The Bertz CT molecular complexity index is 828. The van der Waals surface area contributed by atoms with E-state index in [0.29, 0.717) is 6.54 Å². The highest BCUT2D eigenvalue weighted by molar-refractivity contribution is 5.56. The molecule has 1 N–H and O–H groups in total. The molecule has 116 valence electrons. The molecule has 6 nitrogen and oxygen atoms in total. The summed E-state index contributed by atoms with van der Waals surface area (Å²) in [6.07, 6.45) is 3.64. The summed E-state index contributed by atoms with van der Waals surface area (Å²) in [6, 6.07) is 14.7. The van der Waals surface area contributed by atoms with Crippen molar-refractivity contribution in [2.75, 3.05) is 5.32 Å². The number of rotatable bonds is 5. The van der Waals surface area contributed by atoms with Gasteiger partial charge in [0.2, 0.25) is 0 Å². The van der Waals surface area contributed by atoms with Gasteiger partial charge in [-0.3, -0.25) is 10.1 Å². The molecule has 0 radical (unpaired) electrons. The second-order valence-electron chi connectivity index (χ2n) is 5.19. The zero-order chi connectivity index (χ0) is 16.2. The minimum Gasteiger partial charge on any atom is -0.381 e. The van der Waals surface area contributed by atoms with Crippen LogP contribution in [0.4, 0.5) is 11.4 Å². The van der Waals surface area contributed by atoms with E-state index >= 15 is 0 Å². The molecule has 0 unspecified atom stereocenters.